The van der Waals surface area contributed by atoms with Crippen molar-refractivity contribution >= 4 is 44.6 Å². The number of benzene rings is 2. The lowest BCUT2D eigenvalue weighted by molar-refractivity contribution is 0.609. The Bertz CT molecular complexity index is 843. The van der Waals surface area contributed by atoms with E-state index in [2.05, 4.69) is 65.9 Å². The Labute approximate surface area is 158 Å². The van der Waals surface area contributed by atoms with E-state index >= 15 is 0 Å². The van der Waals surface area contributed by atoms with Gasteiger partial charge in [-0.1, -0.05) is 37.3 Å². The minimum atomic E-state index is 0.319. The first-order valence-electron chi connectivity index (χ1n) is 8.65. The maximum absolute atomic E-state index is 5.46. The molecular weight excluding hydrogens is 346 g/mol. The Hall–Kier alpha value is -1.98. The Morgan fingerprint density at radius 3 is 2.76 bits per heavy atom. The minimum Gasteiger partial charge on any atom is -0.360 e. The van der Waals surface area contributed by atoms with E-state index in [1.165, 1.54) is 15.3 Å². The third-order valence-electron chi connectivity index (χ3n) is 4.08. The zero-order valence-corrected chi connectivity index (χ0v) is 16.2. The van der Waals surface area contributed by atoms with Gasteiger partial charge in [-0.05, 0) is 62.2 Å². The summed E-state index contributed by atoms with van der Waals surface area (Å²) in [5.41, 5.74) is 3.42. The van der Waals surface area contributed by atoms with Crippen molar-refractivity contribution < 1.29 is 0 Å². The van der Waals surface area contributed by atoms with Crippen molar-refractivity contribution in [2.75, 3.05) is 5.32 Å². The fourth-order valence-corrected chi connectivity index (χ4v) is 3.96. The zero-order valence-electron chi connectivity index (χ0n) is 14.6. The summed E-state index contributed by atoms with van der Waals surface area (Å²) in [5.74, 6) is 0. The fourth-order valence-electron chi connectivity index (χ4n) is 2.69. The Balaban J connectivity index is 1.53. The number of fused-ring (bicyclic) bond motifs is 1. The number of rotatable bonds is 6. The van der Waals surface area contributed by atoms with Crippen LogP contribution >= 0.6 is 23.6 Å². The summed E-state index contributed by atoms with van der Waals surface area (Å²) in [6, 6.07) is 17.1. The summed E-state index contributed by atoms with van der Waals surface area (Å²) < 4.78 is 1.20. The number of anilines is 1. The summed E-state index contributed by atoms with van der Waals surface area (Å²) in [5, 5.41) is 8.50. The monoisotopic (exact) mass is 369 g/mol. The Kier molecular flexibility index (Phi) is 6.00. The lowest BCUT2D eigenvalue weighted by Crippen LogP contribution is -2.36. The lowest BCUT2D eigenvalue weighted by atomic mass is 10.1. The largest absolute Gasteiger partial charge is 0.360 e. The summed E-state index contributed by atoms with van der Waals surface area (Å²) in [6.45, 7) is 4.30. The molecule has 1 aromatic heterocycles. The van der Waals surface area contributed by atoms with E-state index in [4.69, 9.17) is 12.2 Å². The number of aromatic nitrogens is 1. The van der Waals surface area contributed by atoms with Gasteiger partial charge in [0.2, 0.25) is 0 Å². The second-order valence-corrected chi connectivity index (χ2v) is 7.69. The molecule has 1 heterocycles. The van der Waals surface area contributed by atoms with E-state index in [-0.39, 0.29) is 0 Å². The molecule has 3 rings (SSSR count). The van der Waals surface area contributed by atoms with Gasteiger partial charge in [0.1, 0.15) is 0 Å². The first kappa shape index (κ1) is 17.8. The minimum absolute atomic E-state index is 0.319. The quantitative estimate of drug-likeness (QED) is 0.588. The molecule has 130 valence electrons. The molecule has 0 bridgehead atoms. The number of hydrogen-bond acceptors (Lipinski definition) is 3. The van der Waals surface area contributed by atoms with Gasteiger partial charge in [-0.3, -0.25) is 0 Å². The molecule has 5 heteroatoms. The normalized spacial score (nSPS) is 12.1. The molecule has 1 atom stereocenters. The zero-order chi connectivity index (χ0) is 17.6. The number of nitrogens with zero attached hydrogens (tertiary/aromatic N) is 1. The van der Waals surface area contributed by atoms with Crippen molar-refractivity contribution in [1.82, 2.24) is 10.3 Å². The van der Waals surface area contributed by atoms with Crippen molar-refractivity contribution in [3.8, 4) is 0 Å². The van der Waals surface area contributed by atoms with E-state index in [0.717, 1.165) is 30.5 Å². The highest BCUT2D eigenvalue weighted by Crippen LogP contribution is 2.25. The second kappa shape index (κ2) is 8.41. The van der Waals surface area contributed by atoms with E-state index in [1.54, 1.807) is 11.3 Å². The summed E-state index contributed by atoms with van der Waals surface area (Å²) in [4.78, 5) is 4.60. The van der Waals surface area contributed by atoms with Crippen LogP contribution in [0.2, 0.25) is 0 Å². The number of aryl methyl sites for hydroxylation is 2. The average Bonchev–Trinajstić information content (AvgIpc) is 3.03. The highest BCUT2D eigenvalue weighted by atomic mass is 32.1. The maximum Gasteiger partial charge on any atom is 0.170 e. The fraction of sp³-hybridized carbons (Fsp3) is 0.300. The second-order valence-electron chi connectivity index (χ2n) is 6.17. The molecule has 0 aliphatic rings. The third-order valence-corrected chi connectivity index (χ3v) is 5.46. The molecule has 0 saturated carbocycles. The van der Waals surface area contributed by atoms with Crippen LogP contribution in [-0.4, -0.2) is 16.1 Å². The predicted molar refractivity (Wildman–Crippen MR) is 113 cm³/mol. The smallest absolute Gasteiger partial charge is 0.170 e. The highest BCUT2D eigenvalue weighted by Gasteiger charge is 2.07. The van der Waals surface area contributed by atoms with Gasteiger partial charge in [-0.2, -0.15) is 0 Å². The number of thiazole rings is 1. The van der Waals surface area contributed by atoms with Gasteiger partial charge >= 0.3 is 0 Å². The molecule has 0 fully saturated rings. The molecule has 25 heavy (non-hydrogen) atoms. The van der Waals surface area contributed by atoms with Crippen LogP contribution in [0.4, 0.5) is 5.69 Å². The van der Waals surface area contributed by atoms with Crippen LogP contribution in [0.5, 0.6) is 0 Å². The highest BCUT2D eigenvalue weighted by molar-refractivity contribution is 7.80. The molecule has 3 aromatic rings. The van der Waals surface area contributed by atoms with Crippen LogP contribution < -0.4 is 10.6 Å². The first-order valence-corrected chi connectivity index (χ1v) is 9.87. The third kappa shape index (κ3) is 5.00. The van der Waals surface area contributed by atoms with Gasteiger partial charge in [0, 0.05) is 11.7 Å². The molecule has 0 radical (unpaired) electrons. The van der Waals surface area contributed by atoms with E-state index in [0.29, 0.717) is 11.2 Å². The van der Waals surface area contributed by atoms with E-state index in [9.17, 15) is 0 Å². The van der Waals surface area contributed by atoms with Crippen LogP contribution in [0, 0.1) is 0 Å². The summed E-state index contributed by atoms with van der Waals surface area (Å²) in [7, 11) is 0. The predicted octanol–water partition coefficient (Wildman–Crippen LogP) is 5.17. The number of nitrogens with one attached hydrogen (secondary N) is 2. The van der Waals surface area contributed by atoms with E-state index < -0.39 is 0 Å². The van der Waals surface area contributed by atoms with Crippen molar-refractivity contribution in [3.63, 3.8) is 0 Å². The molecule has 2 N–H and O–H groups in total. The molecule has 3 nitrogen and oxygen atoms in total. The molecule has 0 aliphatic carbocycles. The Morgan fingerprint density at radius 1 is 1.20 bits per heavy atom. The number of thiocarbonyl (C=S) groups is 1. The van der Waals surface area contributed by atoms with Crippen molar-refractivity contribution in [1.29, 1.82) is 0 Å². The topological polar surface area (TPSA) is 37.0 Å². The molecular formula is C20H23N3S2. The summed E-state index contributed by atoms with van der Waals surface area (Å²) in [6.07, 6.45) is 3.06. The van der Waals surface area contributed by atoms with Crippen molar-refractivity contribution in [3.05, 3.63) is 59.1 Å². The SMILES string of the molecule is CCc1nc2ccc(NC(=S)N[C@@H](C)CCc3ccccc3)cc2s1. The van der Waals surface area contributed by atoms with Crippen molar-refractivity contribution in [2.45, 2.75) is 39.2 Å². The van der Waals surface area contributed by atoms with Gasteiger partial charge < -0.3 is 10.6 Å². The van der Waals surface area contributed by atoms with Crippen LogP contribution in [0.1, 0.15) is 30.8 Å². The average molecular weight is 370 g/mol. The van der Waals surface area contributed by atoms with Gasteiger partial charge in [-0.15, -0.1) is 11.3 Å². The molecule has 0 aliphatic heterocycles. The lowest BCUT2D eigenvalue weighted by Gasteiger charge is -2.17. The van der Waals surface area contributed by atoms with E-state index in [1.807, 2.05) is 12.1 Å². The van der Waals surface area contributed by atoms with Gasteiger partial charge in [0.05, 0.1) is 15.2 Å². The van der Waals surface area contributed by atoms with Gasteiger partial charge in [-0.25, -0.2) is 4.98 Å². The van der Waals surface area contributed by atoms with Crippen LogP contribution in [0.15, 0.2) is 48.5 Å². The molecule has 0 amide bonds. The standard InChI is InChI=1S/C20H23N3S2/c1-3-19-23-17-12-11-16(13-18(17)25-19)22-20(24)21-14(2)9-10-15-7-5-4-6-8-15/h4-8,11-14H,3,9-10H2,1-2H3,(H2,21,22,24)/t14-/m0/s1. The number of hydrogen-bond donors (Lipinski definition) is 2. The van der Waals surface area contributed by atoms with Crippen LogP contribution in [0.3, 0.4) is 0 Å². The Morgan fingerprint density at radius 2 is 2.00 bits per heavy atom. The maximum atomic E-state index is 5.46. The first-order chi connectivity index (χ1) is 12.1. The molecule has 2 aromatic carbocycles. The van der Waals surface area contributed by atoms with Gasteiger partial charge in [0.15, 0.2) is 5.11 Å². The summed E-state index contributed by atoms with van der Waals surface area (Å²) >= 11 is 7.20. The molecule has 0 unspecified atom stereocenters. The van der Waals surface area contributed by atoms with Gasteiger partial charge in [0.25, 0.3) is 0 Å². The molecule has 0 spiro atoms. The van der Waals surface area contributed by atoms with Crippen LogP contribution in [-0.2, 0) is 12.8 Å². The van der Waals surface area contributed by atoms with Crippen LogP contribution in [0.25, 0.3) is 10.2 Å². The molecule has 0 saturated heterocycles. The van der Waals surface area contributed by atoms with Crippen molar-refractivity contribution in [2.24, 2.45) is 0 Å².